The maximum Gasteiger partial charge on any atom is 0.239 e. The summed E-state index contributed by atoms with van der Waals surface area (Å²) in [7, 11) is 1.80. The van der Waals surface area contributed by atoms with Gasteiger partial charge in [-0.2, -0.15) is 0 Å². The number of ether oxygens (including phenoxy) is 1. The third kappa shape index (κ3) is 3.18. The quantitative estimate of drug-likeness (QED) is 0.732. The van der Waals surface area contributed by atoms with Crippen LogP contribution < -0.4 is 5.32 Å². The summed E-state index contributed by atoms with van der Waals surface area (Å²) in [5, 5.41) is 2.97. The summed E-state index contributed by atoms with van der Waals surface area (Å²) in [4.78, 5) is 13.9. The molecule has 1 aliphatic rings. The van der Waals surface area contributed by atoms with Crippen molar-refractivity contribution in [3.63, 3.8) is 0 Å². The monoisotopic (exact) mass is 214 g/mol. The summed E-state index contributed by atoms with van der Waals surface area (Å²) in [6.45, 7) is 9.29. The lowest BCUT2D eigenvalue weighted by Gasteiger charge is -2.42. The van der Waals surface area contributed by atoms with E-state index in [1.165, 1.54) is 0 Å². The number of amides is 1. The Morgan fingerprint density at radius 1 is 1.60 bits per heavy atom. The SMILES string of the molecule is CNC(C)C(=O)N1CC(C)OC(C)(C)C1. The van der Waals surface area contributed by atoms with Crippen LogP contribution in [0.25, 0.3) is 0 Å². The van der Waals surface area contributed by atoms with Gasteiger partial charge >= 0.3 is 0 Å². The standard InChI is InChI=1S/C11H22N2O2/c1-8-6-13(7-11(3,4)15-8)10(14)9(2)12-5/h8-9,12H,6-7H2,1-5H3. The zero-order chi connectivity index (χ0) is 11.6. The number of likely N-dealkylation sites (N-methyl/N-ethyl adjacent to an activating group) is 1. The van der Waals surface area contributed by atoms with E-state index in [2.05, 4.69) is 5.32 Å². The van der Waals surface area contributed by atoms with Crippen molar-refractivity contribution in [3.8, 4) is 0 Å². The molecular weight excluding hydrogens is 192 g/mol. The summed E-state index contributed by atoms with van der Waals surface area (Å²) in [6.07, 6.45) is 0.113. The largest absolute Gasteiger partial charge is 0.369 e. The van der Waals surface area contributed by atoms with Gasteiger partial charge in [-0.1, -0.05) is 0 Å². The molecule has 4 heteroatoms. The van der Waals surface area contributed by atoms with Crippen molar-refractivity contribution < 1.29 is 9.53 Å². The molecule has 2 unspecified atom stereocenters. The molecule has 0 radical (unpaired) electrons. The number of nitrogens with one attached hydrogen (secondary N) is 1. The number of nitrogens with zero attached hydrogens (tertiary/aromatic N) is 1. The lowest BCUT2D eigenvalue weighted by molar-refractivity contribution is -0.159. The molecule has 0 aromatic heterocycles. The Hall–Kier alpha value is -0.610. The molecule has 1 aliphatic heterocycles. The van der Waals surface area contributed by atoms with Crippen molar-refractivity contribution in [2.24, 2.45) is 0 Å². The summed E-state index contributed by atoms with van der Waals surface area (Å²) in [6, 6.07) is -0.119. The summed E-state index contributed by atoms with van der Waals surface area (Å²) in [5.41, 5.74) is -0.235. The van der Waals surface area contributed by atoms with E-state index in [-0.39, 0.29) is 23.7 Å². The second-order valence-electron chi connectivity index (χ2n) is 4.92. The van der Waals surface area contributed by atoms with Gasteiger partial charge in [-0.3, -0.25) is 4.79 Å². The first-order valence-electron chi connectivity index (χ1n) is 5.49. The van der Waals surface area contributed by atoms with Gasteiger partial charge in [0.05, 0.1) is 17.7 Å². The Kier molecular flexibility index (Phi) is 3.73. The van der Waals surface area contributed by atoms with E-state index in [9.17, 15) is 4.79 Å². The predicted molar refractivity (Wildman–Crippen MR) is 59.7 cm³/mol. The fourth-order valence-electron chi connectivity index (χ4n) is 2.02. The molecule has 1 saturated heterocycles. The van der Waals surface area contributed by atoms with Crippen LogP contribution in [0.15, 0.2) is 0 Å². The van der Waals surface area contributed by atoms with Gasteiger partial charge in [0, 0.05) is 13.1 Å². The van der Waals surface area contributed by atoms with E-state index in [4.69, 9.17) is 4.74 Å². The highest BCUT2D eigenvalue weighted by atomic mass is 16.5. The average molecular weight is 214 g/mol. The maximum absolute atomic E-state index is 12.0. The molecule has 0 aromatic rings. The molecular formula is C11H22N2O2. The van der Waals surface area contributed by atoms with Gasteiger partial charge in [-0.15, -0.1) is 0 Å². The van der Waals surface area contributed by atoms with Crippen LogP contribution in [0.4, 0.5) is 0 Å². The molecule has 1 amide bonds. The molecule has 1 fully saturated rings. The van der Waals surface area contributed by atoms with Crippen LogP contribution in [0.1, 0.15) is 27.7 Å². The summed E-state index contributed by atoms with van der Waals surface area (Å²) >= 11 is 0. The highest BCUT2D eigenvalue weighted by Crippen LogP contribution is 2.21. The second kappa shape index (κ2) is 4.49. The zero-order valence-electron chi connectivity index (χ0n) is 10.3. The van der Waals surface area contributed by atoms with Crippen LogP contribution in [0.2, 0.25) is 0 Å². The Labute approximate surface area is 92.0 Å². The minimum absolute atomic E-state index is 0.113. The van der Waals surface area contributed by atoms with Crippen molar-refractivity contribution in [1.82, 2.24) is 10.2 Å². The molecule has 1 heterocycles. The normalized spacial score (nSPS) is 27.5. The van der Waals surface area contributed by atoms with Crippen molar-refractivity contribution in [1.29, 1.82) is 0 Å². The molecule has 0 aliphatic carbocycles. The average Bonchev–Trinajstić information content (AvgIpc) is 2.12. The smallest absolute Gasteiger partial charge is 0.239 e. The minimum atomic E-state index is -0.235. The Morgan fingerprint density at radius 3 is 2.67 bits per heavy atom. The fraction of sp³-hybridized carbons (Fsp3) is 0.909. The van der Waals surface area contributed by atoms with E-state index in [1.54, 1.807) is 7.05 Å². The number of hydrogen-bond acceptors (Lipinski definition) is 3. The van der Waals surface area contributed by atoms with Crippen LogP contribution >= 0.6 is 0 Å². The summed E-state index contributed by atoms with van der Waals surface area (Å²) in [5.74, 6) is 0.153. The van der Waals surface area contributed by atoms with Crippen LogP contribution in [0, 0.1) is 0 Å². The van der Waals surface area contributed by atoms with Crippen molar-refractivity contribution in [2.45, 2.75) is 45.4 Å². The Balaban J connectivity index is 2.66. The van der Waals surface area contributed by atoms with E-state index in [1.807, 2.05) is 32.6 Å². The Bertz CT molecular complexity index is 241. The summed E-state index contributed by atoms with van der Waals surface area (Å²) < 4.78 is 5.75. The fourth-order valence-corrected chi connectivity index (χ4v) is 2.02. The first kappa shape index (κ1) is 12.5. The topological polar surface area (TPSA) is 41.6 Å². The Morgan fingerprint density at radius 2 is 2.20 bits per heavy atom. The molecule has 88 valence electrons. The van der Waals surface area contributed by atoms with Gasteiger partial charge in [0.15, 0.2) is 0 Å². The first-order chi connectivity index (χ1) is 6.85. The van der Waals surface area contributed by atoms with Gasteiger partial charge in [0.1, 0.15) is 0 Å². The molecule has 4 nitrogen and oxygen atoms in total. The lowest BCUT2D eigenvalue weighted by Crippen LogP contribution is -2.57. The number of rotatable bonds is 2. The number of hydrogen-bond donors (Lipinski definition) is 1. The lowest BCUT2D eigenvalue weighted by atomic mass is 10.0. The van der Waals surface area contributed by atoms with Gasteiger partial charge < -0.3 is 15.0 Å². The van der Waals surface area contributed by atoms with Gasteiger partial charge in [0.2, 0.25) is 5.91 Å². The van der Waals surface area contributed by atoms with E-state index in [0.29, 0.717) is 13.1 Å². The van der Waals surface area contributed by atoms with Crippen LogP contribution in [-0.4, -0.2) is 48.7 Å². The molecule has 0 bridgehead atoms. The number of carbonyl (C=O) groups is 1. The highest BCUT2D eigenvalue weighted by Gasteiger charge is 2.34. The van der Waals surface area contributed by atoms with E-state index < -0.39 is 0 Å². The predicted octanol–water partition coefficient (Wildman–Crippen LogP) is 0.620. The zero-order valence-corrected chi connectivity index (χ0v) is 10.3. The first-order valence-corrected chi connectivity index (χ1v) is 5.49. The van der Waals surface area contributed by atoms with Gasteiger partial charge in [0.25, 0.3) is 0 Å². The molecule has 0 spiro atoms. The van der Waals surface area contributed by atoms with E-state index >= 15 is 0 Å². The highest BCUT2D eigenvalue weighted by molar-refractivity contribution is 5.81. The number of carbonyl (C=O) groups excluding carboxylic acids is 1. The molecule has 1 N–H and O–H groups in total. The third-order valence-electron chi connectivity index (χ3n) is 2.68. The third-order valence-corrected chi connectivity index (χ3v) is 2.68. The molecule has 0 saturated carbocycles. The molecule has 15 heavy (non-hydrogen) atoms. The van der Waals surface area contributed by atoms with Crippen LogP contribution in [0.5, 0.6) is 0 Å². The maximum atomic E-state index is 12.0. The van der Waals surface area contributed by atoms with E-state index in [0.717, 1.165) is 0 Å². The van der Waals surface area contributed by atoms with Crippen LogP contribution in [-0.2, 0) is 9.53 Å². The van der Waals surface area contributed by atoms with Crippen molar-refractivity contribution >= 4 is 5.91 Å². The van der Waals surface area contributed by atoms with Crippen molar-refractivity contribution in [3.05, 3.63) is 0 Å². The van der Waals surface area contributed by atoms with Gasteiger partial charge in [-0.25, -0.2) is 0 Å². The number of morpholine rings is 1. The van der Waals surface area contributed by atoms with Gasteiger partial charge in [-0.05, 0) is 34.7 Å². The second-order valence-corrected chi connectivity index (χ2v) is 4.92. The van der Waals surface area contributed by atoms with Crippen LogP contribution in [0.3, 0.4) is 0 Å². The van der Waals surface area contributed by atoms with Crippen molar-refractivity contribution in [2.75, 3.05) is 20.1 Å². The molecule has 2 atom stereocenters. The minimum Gasteiger partial charge on any atom is -0.369 e. The molecule has 0 aromatic carbocycles. The molecule has 1 rings (SSSR count).